The first-order chi connectivity index (χ1) is 9.00. The lowest BCUT2D eigenvalue weighted by Crippen LogP contribution is -2.03. The molecule has 0 amide bonds. The van der Waals surface area contributed by atoms with Crippen molar-refractivity contribution in [2.45, 2.75) is 6.18 Å². The highest BCUT2D eigenvalue weighted by atomic mass is 32.1. The Bertz CT molecular complexity index is 788. The van der Waals surface area contributed by atoms with Crippen LogP contribution < -0.4 is 0 Å². The summed E-state index contributed by atoms with van der Waals surface area (Å²) in [5.74, 6) is 0. The van der Waals surface area contributed by atoms with Crippen LogP contribution in [0.3, 0.4) is 0 Å². The third-order valence-electron chi connectivity index (χ3n) is 2.53. The Morgan fingerprint density at radius 3 is 2.79 bits per heavy atom. The lowest BCUT2D eigenvalue weighted by atomic mass is 10.1. The molecule has 3 rings (SSSR count). The van der Waals surface area contributed by atoms with Gasteiger partial charge in [0, 0.05) is 17.3 Å². The fourth-order valence-electron chi connectivity index (χ4n) is 1.80. The van der Waals surface area contributed by atoms with Gasteiger partial charge in [0.2, 0.25) is 0 Å². The Kier molecular flexibility index (Phi) is 2.62. The minimum atomic E-state index is -4.38. The predicted octanol–water partition coefficient (Wildman–Crippen LogP) is 4.24. The quantitative estimate of drug-likeness (QED) is 0.730. The second-order valence-corrected chi connectivity index (χ2v) is 5.59. The molecule has 8 heteroatoms. The lowest BCUT2D eigenvalue weighted by Gasteiger charge is -2.06. The summed E-state index contributed by atoms with van der Waals surface area (Å²) < 4.78 is 39.2. The fraction of sp³-hybridized carbons (Fsp3) is 0.0909. The van der Waals surface area contributed by atoms with Crippen molar-refractivity contribution in [1.29, 1.82) is 5.26 Å². The van der Waals surface area contributed by atoms with Crippen LogP contribution in [-0.4, -0.2) is 9.97 Å². The highest BCUT2D eigenvalue weighted by Crippen LogP contribution is 2.43. The molecule has 3 heterocycles. The maximum atomic E-state index is 12.9. The minimum absolute atomic E-state index is 0.122. The van der Waals surface area contributed by atoms with Gasteiger partial charge in [-0.25, -0.2) is 4.98 Å². The van der Waals surface area contributed by atoms with Gasteiger partial charge in [-0.05, 0) is 11.4 Å². The molecule has 0 radical (unpaired) electrons. The van der Waals surface area contributed by atoms with Crippen LogP contribution in [0.5, 0.6) is 0 Å². The van der Waals surface area contributed by atoms with E-state index in [4.69, 9.17) is 5.26 Å². The molecule has 3 aromatic rings. The highest BCUT2D eigenvalue weighted by Gasteiger charge is 2.35. The van der Waals surface area contributed by atoms with E-state index in [2.05, 4.69) is 9.97 Å². The summed E-state index contributed by atoms with van der Waals surface area (Å²) in [6.45, 7) is 0. The number of nitriles is 1. The maximum Gasteiger partial charge on any atom is 0.426 e. The van der Waals surface area contributed by atoms with Crippen LogP contribution in [0.4, 0.5) is 13.2 Å². The van der Waals surface area contributed by atoms with E-state index in [1.165, 1.54) is 17.6 Å². The van der Waals surface area contributed by atoms with E-state index in [9.17, 15) is 13.2 Å². The van der Waals surface area contributed by atoms with Gasteiger partial charge in [-0.3, -0.25) is 0 Å². The first-order valence-electron chi connectivity index (χ1n) is 5.04. The molecule has 0 aliphatic heterocycles. The number of fused-ring (bicyclic) bond motifs is 1. The zero-order valence-electron chi connectivity index (χ0n) is 9.08. The molecule has 1 N–H and O–H groups in total. The van der Waals surface area contributed by atoms with Gasteiger partial charge >= 0.3 is 6.18 Å². The Balaban J connectivity index is 2.23. The number of nitrogens with one attached hydrogen (secondary N) is 1. The third kappa shape index (κ3) is 1.91. The van der Waals surface area contributed by atoms with Gasteiger partial charge in [0.1, 0.15) is 10.9 Å². The van der Waals surface area contributed by atoms with E-state index < -0.39 is 11.1 Å². The van der Waals surface area contributed by atoms with Crippen LogP contribution in [0.2, 0.25) is 0 Å². The number of halogens is 3. The molecular weight excluding hydrogens is 295 g/mol. The molecule has 0 aromatic carbocycles. The lowest BCUT2D eigenvalue weighted by molar-refractivity contribution is -0.133. The Morgan fingerprint density at radius 1 is 1.32 bits per heavy atom. The Morgan fingerprint density at radius 2 is 2.11 bits per heavy atom. The summed E-state index contributed by atoms with van der Waals surface area (Å²) in [6.07, 6.45) is -2.89. The molecule has 0 saturated heterocycles. The molecule has 0 spiro atoms. The molecule has 96 valence electrons. The number of alkyl halides is 3. The van der Waals surface area contributed by atoms with E-state index >= 15 is 0 Å². The van der Waals surface area contributed by atoms with Crippen molar-refractivity contribution in [2.24, 2.45) is 0 Å². The summed E-state index contributed by atoms with van der Waals surface area (Å²) >= 11 is 1.74. The number of thiophene rings is 1. The zero-order valence-corrected chi connectivity index (χ0v) is 10.7. The summed E-state index contributed by atoms with van der Waals surface area (Å²) in [5.41, 5.74) is 0.996. The first-order valence-corrected chi connectivity index (χ1v) is 6.73. The monoisotopic (exact) mass is 299 g/mol. The van der Waals surface area contributed by atoms with Crippen molar-refractivity contribution in [3.8, 4) is 17.2 Å². The van der Waals surface area contributed by atoms with Gasteiger partial charge < -0.3 is 4.98 Å². The van der Waals surface area contributed by atoms with Crippen molar-refractivity contribution < 1.29 is 13.2 Å². The number of nitrogens with zero attached hydrogens (tertiary/aromatic N) is 2. The maximum absolute atomic E-state index is 12.9. The number of hydrogen-bond donors (Lipinski definition) is 1. The van der Waals surface area contributed by atoms with Crippen molar-refractivity contribution in [2.75, 3.05) is 0 Å². The highest BCUT2D eigenvalue weighted by molar-refractivity contribution is 7.19. The predicted molar refractivity (Wildman–Crippen MR) is 67.0 cm³/mol. The Labute approximate surface area is 112 Å². The SMILES string of the molecule is N#Cc1nc2[nH]cc(-c3ccsc3C(F)(F)F)c2s1. The molecule has 3 aromatic heterocycles. The molecule has 0 fully saturated rings. The van der Waals surface area contributed by atoms with Crippen molar-refractivity contribution in [3.63, 3.8) is 0 Å². The topological polar surface area (TPSA) is 52.5 Å². The van der Waals surface area contributed by atoms with Crippen LogP contribution in [0.25, 0.3) is 21.5 Å². The standard InChI is InChI=1S/C11H4F3N3S2/c12-11(13,14)9-5(1-2-18-9)6-4-16-10-8(6)19-7(3-15)17-10/h1-2,4,16H. The normalized spacial score (nSPS) is 11.9. The van der Waals surface area contributed by atoms with Gasteiger partial charge in [-0.2, -0.15) is 18.4 Å². The van der Waals surface area contributed by atoms with Crippen LogP contribution >= 0.6 is 22.7 Å². The number of H-pyrrole nitrogens is 1. The zero-order chi connectivity index (χ0) is 13.6. The van der Waals surface area contributed by atoms with Crippen LogP contribution in [0, 0.1) is 11.3 Å². The summed E-state index contributed by atoms with van der Waals surface area (Å²) in [7, 11) is 0. The average Bonchev–Trinajstić information content (AvgIpc) is 3.01. The molecule has 0 aliphatic rings. The number of aromatic nitrogens is 2. The van der Waals surface area contributed by atoms with Gasteiger partial charge in [0.15, 0.2) is 10.7 Å². The van der Waals surface area contributed by atoms with E-state index in [0.29, 0.717) is 27.2 Å². The summed E-state index contributed by atoms with van der Waals surface area (Å²) in [4.78, 5) is 6.13. The van der Waals surface area contributed by atoms with Gasteiger partial charge in [-0.1, -0.05) is 0 Å². The second kappa shape index (κ2) is 4.08. The van der Waals surface area contributed by atoms with Gasteiger partial charge in [-0.15, -0.1) is 22.7 Å². The van der Waals surface area contributed by atoms with E-state index in [-0.39, 0.29) is 10.6 Å². The molecule has 0 bridgehead atoms. The fourth-order valence-corrected chi connectivity index (χ4v) is 3.43. The van der Waals surface area contributed by atoms with Crippen LogP contribution in [0.15, 0.2) is 17.6 Å². The number of hydrogen-bond acceptors (Lipinski definition) is 4. The van der Waals surface area contributed by atoms with Crippen molar-refractivity contribution in [1.82, 2.24) is 9.97 Å². The molecule has 0 aliphatic carbocycles. The molecule has 19 heavy (non-hydrogen) atoms. The van der Waals surface area contributed by atoms with Crippen molar-refractivity contribution >= 4 is 33.0 Å². The molecule has 0 saturated carbocycles. The first kappa shape index (κ1) is 12.2. The summed E-state index contributed by atoms with van der Waals surface area (Å²) in [5, 5.41) is 10.4. The number of rotatable bonds is 1. The van der Waals surface area contributed by atoms with Crippen LogP contribution in [-0.2, 0) is 6.18 Å². The van der Waals surface area contributed by atoms with E-state index in [1.807, 2.05) is 6.07 Å². The molecule has 3 nitrogen and oxygen atoms in total. The smallest absolute Gasteiger partial charge is 0.345 e. The third-order valence-corrected chi connectivity index (χ3v) is 4.49. The average molecular weight is 299 g/mol. The van der Waals surface area contributed by atoms with Gasteiger partial charge in [0.05, 0.1) is 4.70 Å². The molecule has 0 atom stereocenters. The molecule has 0 unspecified atom stereocenters. The molecular formula is C11H4F3N3S2. The number of thiazole rings is 1. The van der Waals surface area contributed by atoms with Crippen molar-refractivity contribution in [3.05, 3.63) is 27.5 Å². The van der Waals surface area contributed by atoms with Crippen LogP contribution in [0.1, 0.15) is 9.88 Å². The number of aromatic amines is 1. The second-order valence-electron chi connectivity index (χ2n) is 3.67. The largest absolute Gasteiger partial charge is 0.426 e. The Hall–Kier alpha value is -1.85. The minimum Gasteiger partial charge on any atom is -0.345 e. The summed E-state index contributed by atoms with van der Waals surface area (Å²) in [6, 6.07) is 3.32. The van der Waals surface area contributed by atoms with E-state index in [0.717, 1.165) is 11.3 Å². The van der Waals surface area contributed by atoms with Gasteiger partial charge in [0.25, 0.3) is 0 Å². The van der Waals surface area contributed by atoms with E-state index in [1.54, 1.807) is 0 Å².